The highest BCUT2D eigenvalue weighted by Crippen LogP contribution is 2.37. The van der Waals surface area contributed by atoms with E-state index in [-0.39, 0.29) is 5.41 Å². The number of rotatable bonds is 4. The van der Waals surface area contributed by atoms with Gasteiger partial charge in [0.2, 0.25) is 0 Å². The van der Waals surface area contributed by atoms with Crippen molar-refractivity contribution in [3.05, 3.63) is 121 Å². The summed E-state index contributed by atoms with van der Waals surface area (Å²) in [7, 11) is 0. The Balaban J connectivity index is 1.43. The van der Waals surface area contributed by atoms with Crippen molar-refractivity contribution in [3.8, 4) is 34.0 Å². The standard InChI is InChI=1S/C34H28N2O/c1-34(2,3)27-16-18-35-31(22-27)26-19-24-10-5-6-13-29(24)32(21-26)37-28-12-8-11-25(20-28)33-30-14-7-4-9-23(30)15-17-36-33/h4-22H,1-3H3. The minimum Gasteiger partial charge on any atom is -0.457 e. The van der Waals surface area contributed by atoms with Crippen LogP contribution in [-0.2, 0) is 5.41 Å². The molecule has 0 aliphatic rings. The lowest BCUT2D eigenvalue weighted by Crippen LogP contribution is -2.11. The molecule has 0 aliphatic heterocycles. The number of pyridine rings is 2. The van der Waals surface area contributed by atoms with E-state index in [0.29, 0.717) is 0 Å². The van der Waals surface area contributed by atoms with Gasteiger partial charge in [-0.25, -0.2) is 0 Å². The summed E-state index contributed by atoms with van der Waals surface area (Å²) >= 11 is 0. The quantitative estimate of drug-likeness (QED) is 0.252. The molecule has 0 radical (unpaired) electrons. The predicted molar refractivity (Wildman–Crippen MR) is 153 cm³/mol. The summed E-state index contributed by atoms with van der Waals surface area (Å²) in [5, 5.41) is 4.47. The van der Waals surface area contributed by atoms with E-state index in [9.17, 15) is 0 Å². The Bertz CT molecular complexity index is 1740. The van der Waals surface area contributed by atoms with Crippen LogP contribution in [0.1, 0.15) is 26.3 Å². The molecule has 2 aromatic heterocycles. The van der Waals surface area contributed by atoms with Crippen molar-refractivity contribution < 1.29 is 4.74 Å². The van der Waals surface area contributed by atoms with E-state index in [1.807, 2.05) is 42.7 Å². The molecule has 180 valence electrons. The predicted octanol–water partition coefficient (Wildman–Crippen LogP) is 9.21. The average molecular weight is 481 g/mol. The zero-order chi connectivity index (χ0) is 25.4. The molecule has 4 aromatic carbocycles. The third kappa shape index (κ3) is 4.56. The summed E-state index contributed by atoms with van der Waals surface area (Å²) in [5.41, 5.74) is 5.25. The molecule has 0 saturated carbocycles. The van der Waals surface area contributed by atoms with Gasteiger partial charge in [-0.1, -0.05) is 81.4 Å². The molecule has 0 atom stereocenters. The molecule has 0 unspecified atom stereocenters. The van der Waals surface area contributed by atoms with Crippen molar-refractivity contribution in [2.24, 2.45) is 0 Å². The summed E-state index contributed by atoms with van der Waals surface area (Å²) in [6, 6.07) is 35.4. The average Bonchev–Trinajstić information content (AvgIpc) is 2.92. The highest BCUT2D eigenvalue weighted by molar-refractivity contribution is 5.95. The summed E-state index contributed by atoms with van der Waals surface area (Å²) in [5.74, 6) is 1.57. The first-order valence-corrected chi connectivity index (χ1v) is 12.6. The molecule has 37 heavy (non-hydrogen) atoms. The Kier molecular flexibility index (Phi) is 5.69. The molecular formula is C34H28N2O. The van der Waals surface area contributed by atoms with Crippen LogP contribution in [0.25, 0.3) is 44.1 Å². The Morgan fingerprint density at radius 3 is 2.19 bits per heavy atom. The fraction of sp³-hybridized carbons (Fsp3) is 0.118. The third-order valence-corrected chi connectivity index (χ3v) is 6.75. The van der Waals surface area contributed by atoms with Crippen LogP contribution in [0.2, 0.25) is 0 Å². The van der Waals surface area contributed by atoms with Gasteiger partial charge in [0.15, 0.2) is 0 Å². The Hall–Kier alpha value is -4.50. The second-order valence-electron chi connectivity index (χ2n) is 10.4. The van der Waals surface area contributed by atoms with Crippen molar-refractivity contribution >= 4 is 21.5 Å². The highest BCUT2D eigenvalue weighted by Gasteiger charge is 2.16. The smallest absolute Gasteiger partial charge is 0.135 e. The lowest BCUT2D eigenvalue weighted by atomic mass is 9.87. The van der Waals surface area contributed by atoms with Crippen LogP contribution >= 0.6 is 0 Å². The van der Waals surface area contributed by atoms with Crippen molar-refractivity contribution in [1.29, 1.82) is 0 Å². The van der Waals surface area contributed by atoms with Gasteiger partial charge in [0, 0.05) is 34.3 Å². The van der Waals surface area contributed by atoms with E-state index < -0.39 is 0 Å². The van der Waals surface area contributed by atoms with E-state index in [1.54, 1.807) is 0 Å². The first-order valence-electron chi connectivity index (χ1n) is 12.6. The van der Waals surface area contributed by atoms with Gasteiger partial charge >= 0.3 is 0 Å². The lowest BCUT2D eigenvalue weighted by Gasteiger charge is -2.19. The molecule has 0 N–H and O–H groups in total. The molecule has 0 fully saturated rings. The maximum absolute atomic E-state index is 6.57. The van der Waals surface area contributed by atoms with E-state index in [2.05, 4.69) is 93.6 Å². The van der Waals surface area contributed by atoms with Crippen LogP contribution < -0.4 is 4.74 Å². The van der Waals surface area contributed by atoms with Gasteiger partial charge in [0.25, 0.3) is 0 Å². The monoisotopic (exact) mass is 480 g/mol. The highest BCUT2D eigenvalue weighted by atomic mass is 16.5. The van der Waals surface area contributed by atoms with Crippen LogP contribution in [-0.4, -0.2) is 9.97 Å². The minimum atomic E-state index is 0.0456. The number of benzene rings is 4. The number of hydrogen-bond acceptors (Lipinski definition) is 3. The Morgan fingerprint density at radius 1 is 0.595 bits per heavy atom. The second kappa shape index (κ2) is 9.18. The number of nitrogens with zero attached hydrogens (tertiary/aromatic N) is 2. The van der Waals surface area contributed by atoms with E-state index in [4.69, 9.17) is 14.7 Å². The topological polar surface area (TPSA) is 35.0 Å². The maximum Gasteiger partial charge on any atom is 0.135 e. The normalized spacial score (nSPS) is 11.6. The van der Waals surface area contributed by atoms with E-state index >= 15 is 0 Å². The molecule has 0 spiro atoms. The molecule has 2 heterocycles. The van der Waals surface area contributed by atoms with Crippen LogP contribution in [0.4, 0.5) is 0 Å². The molecule has 6 aromatic rings. The lowest BCUT2D eigenvalue weighted by molar-refractivity contribution is 0.489. The van der Waals surface area contributed by atoms with Gasteiger partial charge in [0.05, 0.1) is 11.4 Å². The zero-order valence-electron chi connectivity index (χ0n) is 21.3. The zero-order valence-corrected chi connectivity index (χ0v) is 21.3. The first kappa shape index (κ1) is 22.9. The molecule has 0 bridgehead atoms. The van der Waals surface area contributed by atoms with Gasteiger partial charge in [-0.05, 0) is 64.2 Å². The summed E-state index contributed by atoms with van der Waals surface area (Å²) < 4.78 is 6.57. The summed E-state index contributed by atoms with van der Waals surface area (Å²) in [6.07, 6.45) is 3.76. The number of fused-ring (bicyclic) bond motifs is 2. The number of ether oxygens (including phenoxy) is 1. The molecule has 3 heteroatoms. The molecule has 0 amide bonds. The van der Waals surface area contributed by atoms with E-state index in [1.165, 1.54) is 10.9 Å². The maximum atomic E-state index is 6.57. The number of hydrogen-bond donors (Lipinski definition) is 0. The Morgan fingerprint density at radius 2 is 1.35 bits per heavy atom. The molecule has 0 saturated heterocycles. The van der Waals surface area contributed by atoms with Gasteiger partial charge in [0.1, 0.15) is 11.5 Å². The Labute approximate surface area is 217 Å². The summed E-state index contributed by atoms with van der Waals surface area (Å²) in [6.45, 7) is 6.66. The van der Waals surface area contributed by atoms with Crippen LogP contribution in [0.5, 0.6) is 11.5 Å². The van der Waals surface area contributed by atoms with Crippen molar-refractivity contribution in [2.45, 2.75) is 26.2 Å². The fourth-order valence-corrected chi connectivity index (χ4v) is 4.75. The molecular weight excluding hydrogens is 452 g/mol. The number of aromatic nitrogens is 2. The van der Waals surface area contributed by atoms with Gasteiger partial charge < -0.3 is 4.74 Å². The first-order chi connectivity index (χ1) is 18.0. The molecule has 3 nitrogen and oxygen atoms in total. The second-order valence-corrected chi connectivity index (χ2v) is 10.4. The van der Waals surface area contributed by atoms with Crippen LogP contribution in [0.3, 0.4) is 0 Å². The van der Waals surface area contributed by atoms with Gasteiger partial charge in [-0.2, -0.15) is 0 Å². The summed E-state index contributed by atoms with van der Waals surface area (Å²) in [4.78, 5) is 9.39. The van der Waals surface area contributed by atoms with Crippen molar-refractivity contribution in [2.75, 3.05) is 0 Å². The largest absolute Gasteiger partial charge is 0.457 e. The van der Waals surface area contributed by atoms with Gasteiger partial charge in [-0.15, -0.1) is 0 Å². The molecule has 0 aliphatic carbocycles. The SMILES string of the molecule is CC(C)(C)c1ccnc(-c2cc(Oc3cccc(-c4nccc5ccccc45)c3)c3ccccc3c2)c1. The van der Waals surface area contributed by atoms with Gasteiger partial charge in [-0.3, -0.25) is 9.97 Å². The molecule has 6 rings (SSSR count). The van der Waals surface area contributed by atoms with Crippen molar-refractivity contribution in [1.82, 2.24) is 9.97 Å². The fourth-order valence-electron chi connectivity index (χ4n) is 4.75. The van der Waals surface area contributed by atoms with Crippen LogP contribution in [0, 0.1) is 0 Å². The minimum absolute atomic E-state index is 0.0456. The van der Waals surface area contributed by atoms with Crippen molar-refractivity contribution in [3.63, 3.8) is 0 Å². The third-order valence-electron chi connectivity index (χ3n) is 6.75. The van der Waals surface area contributed by atoms with Crippen LogP contribution in [0.15, 0.2) is 116 Å². The van der Waals surface area contributed by atoms with E-state index in [0.717, 1.165) is 50.2 Å².